The first-order valence-electron chi connectivity index (χ1n) is 6.43. The number of aromatic nitrogens is 2. The van der Waals surface area contributed by atoms with Crippen LogP contribution in [0.3, 0.4) is 0 Å². The van der Waals surface area contributed by atoms with Crippen molar-refractivity contribution in [3.05, 3.63) is 11.4 Å². The number of hydrazine groups is 1. The van der Waals surface area contributed by atoms with Crippen LogP contribution in [0.25, 0.3) is 10.2 Å². The molecule has 3 rings (SSSR count). The Bertz CT molecular complexity index is 568. The van der Waals surface area contributed by atoms with Crippen LogP contribution in [0, 0.1) is 0 Å². The van der Waals surface area contributed by atoms with E-state index in [4.69, 9.17) is 5.84 Å². The van der Waals surface area contributed by atoms with Gasteiger partial charge in [-0.25, -0.2) is 10.8 Å². The molecule has 3 heterocycles. The molecular formula is C12H18N6S. The molecule has 0 aliphatic carbocycles. The van der Waals surface area contributed by atoms with E-state index in [9.17, 15) is 0 Å². The molecule has 1 aliphatic rings. The third-order valence-electron chi connectivity index (χ3n) is 3.42. The number of hydrogen-bond donors (Lipinski definition) is 3. The van der Waals surface area contributed by atoms with Crippen LogP contribution >= 0.6 is 11.3 Å². The van der Waals surface area contributed by atoms with Gasteiger partial charge in [0.25, 0.3) is 0 Å². The fraction of sp³-hybridized carbons (Fsp3) is 0.500. The Morgan fingerprint density at radius 2 is 2.37 bits per heavy atom. The molecule has 1 fully saturated rings. The van der Waals surface area contributed by atoms with Crippen molar-refractivity contribution in [1.29, 1.82) is 0 Å². The van der Waals surface area contributed by atoms with Crippen LogP contribution in [-0.4, -0.2) is 41.0 Å². The predicted molar refractivity (Wildman–Crippen MR) is 79.4 cm³/mol. The Morgan fingerprint density at radius 3 is 3.16 bits per heavy atom. The summed E-state index contributed by atoms with van der Waals surface area (Å²) in [6.45, 7) is 2.21. The summed E-state index contributed by atoms with van der Waals surface area (Å²) in [5.74, 6) is 6.76. The lowest BCUT2D eigenvalue weighted by molar-refractivity contribution is 0.261. The molecule has 1 saturated heterocycles. The van der Waals surface area contributed by atoms with E-state index in [1.165, 1.54) is 19.4 Å². The number of piperidine rings is 1. The third-order valence-corrected chi connectivity index (χ3v) is 4.23. The van der Waals surface area contributed by atoms with E-state index in [-0.39, 0.29) is 0 Å². The molecule has 1 unspecified atom stereocenters. The number of nitrogens with zero attached hydrogens (tertiary/aromatic N) is 3. The highest BCUT2D eigenvalue weighted by molar-refractivity contribution is 7.16. The van der Waals surface area contributed by atoms with Crippen LogP contribution in [0.4, 0.5) is 11.8 Å². The number of fused-ring (bicyclic) bond motifs is 1. The number of nitrogen functional groups attached to an aromatic ring is 1. The van der Waals surface area contributed by atoms with Crippen LogP contribution in [0.2, 0.25) is 0 Å². The monoisotopic (exact) mass is 278 g/mol. The van der Waals surface area contributed by atoms with Gasteiger partial charge in [0.2, 0.25) is 5.95 Å². The Balaban J connectivity index is 1.88. The van der Waals surface area contributed by atoms with Gasteiger partial charge in [-0.2, -0.15) is 4.98 Å². The number of likely N-dealkylation sites (tertiary alicyclic amines) is 1. The van der Waals surface area contributed by atoms with Crippen LogP contribution in [0.15, 0.2) is 11.4 Å². The molecule has 1 atom stereocenters. The predicted octanol–water partition coefficient (Wildman–Crippen LogP) is 1.48. The number of thiophene rings is 1. The minimum atomic E-state index is 0.433. The molecule has 102 valence electrons. The number of likely N-dealkylation sites (N-methyl/N-ethyl adjacent to an activating group) is 1. The molecule has 0 aromatic carbocycles. The van der Waals surface area contributed by atoms with E-state index in [1.807, 2.05) is 5.38 Å². The average molecular weight is 278 g/mol. The molecule has 0 radical (unpaired) electrons. The van der Waals surface area contributed by atoms with Crippen molar-refractivity contribution in [3.63, 3.8) is 0 Å². The first-order chi connectivity index (χ1) is 9.26. The molecule has 1 aliphatic heterocycles. The number of nitrogens with two attached hydrogens (primary N) is 1. The number of nitrogens with one attached hydrogen (secondary N) is 2. The Hall–Kier alpha value is -1.44. The summed E-state index contributed by atoms with van der Waals surface area (Å²) in [6.07, 6.45) is 2.39. The largest absolute Gasteiger partial charge is 0.365 e. The minimum absolute atomic E-state index is 0.433. The van der Waals surface area contributed by atoms with Gasteiger partial charge in [0.05, 0.1) is 5.39 Å². The van der Waals surface area contributed by atoms with Crippen molar-refractivity contribution in [2.45, 2.75) is 18.9 Å². The van der Waals surface area contributed by atoms with Gasteiger partial charge in [-0.05, 0) is 37.9 Å². The number of hydrogen-bond acceptors (Lipinski definition) is 7. The van der Waals surface area contributed by atoms with Crippen molar-refractivity contribution >= 4 is 33.3 Å². The molecular weight excluding hydrogens is 260 g/mol. The summed E-state index contributed by atoms with van der Waals surface area (Å²) in [5, 5.41) is 6.63. The SMILES string of the molecule is CN1CCCC(Nc2nc(NN)nc3sccc23)C1. The second kappa shape index (κ2) is 5.28. The Kier molecular flexibility index (Phi) is 3.50. The molecule has 0 spiro atoms. The summed E-state index contributed by atoms with van der Waals surface area (Å²) in [6, 6.07) is 2.48. The average Bonchev–Trinajstić information content (AvgIpc) is 2.87. The van der Waals surface area contributed by atoms with E-state index < -0.39 is 0 Å². The minimum Gasteiger partial charge on any atom is -0.365 e. The highest BCUT2D eigenvalue weighted by Gasteiger charge is 2.19. The van der Waals surface area contributed by atoms with Crippen molar-refractivity contribution in [2.24, 2.45) is 5.84 Å². The molecule has 2 aromatic rings. The van der Waals surface area contributed by atoms with Crippen LogP contribution in [0.1, 0.15) is 12.8 Å². The standard InChI is InChI=1S/C12H18N6S/c1-18-5-2-3-8(7-18)14-10-9-4-6-19-11(9)16-12(15-10)17-13/h4,6,8H,2-3,5,7,13H2,1H3,(H2,14,15,16,17). The highest BCUT2D eigenvalue weighted by atomic mass is 32.1. The second-order valence-corrected chi connectivity index (χ2v) is 5.82. The molecule has 7 heteroatoms. The van der Waals surface area contributed by atoms with E-state index in [0.29, 0.717) is 12.0 Å². The number of rotatable bonds is 3. The van der Waals surface area contributed by atoms with E-state index in [1.54, 1.807) is 11.3 Å². The van der Waals surface area contributed by atoms with Gasteiger partial charge >= 0.3 is 0 Å². The van der Waals surface area contributed by atoms with Crippen molar-refractivity contribution in [1.82, 2.24) is 14.9 Å². The van der Waals surface area contributed by atoms with Crippen LogP contribution in [0.5, 0.6) is 0 Å². The topological polar surface area (TPSA) is 79.1 Å². The molecule has 0 amide bonds. The summed E-state index contributed by atoms with van der Waals surface area (Å²) >= 11 is 1.60. The smallest absolute Gasteiger partial charge is 0.240 e. The maximum atomic E-state index is 5.43. The summed E-state index contributed by atoms with van der Waals surface area (Å²) in [4.78, 5) is 12.1. The van der Waals surface area contributed by atoms with Gasteiger partial charge in [-0.15, -0.1) is 11.3 Å². The zero-order valence-corrected chi connectivity index (χ0v) is 11.7. The van der Waals surface area contributed by atoms with Crippen molar-refractivity contribution in [2.75, 3.05) is 30.9 Å². The Morgan fingerprint density at radius 1 is 1.47 bits per heavy atom. The van der Waals surface area contributed by atoms with Crippen LogP contribution in [-0.2, 0) is 0 Å². The van der Waals surface area contributed by atoms with Crippen molar-refractivity contribution in [3.8, 4) is 0 Å². The maximum Gasteiger partial charge on any atom is 0.240 e. The Labute approximate surface area is 116 Å². The fourth-order valence-corrected chi connectivity index (χ4v) is 3.27. The highest BCUT2D eigenvalue weighted by Crippen LogP contribution is 2.27. The molecule has 0 saturated carbocycles. The van der Waals surface area contributed by atoms with Crippen LogP contribution < -0.4 is 16.6 Å². The van der Waals surface area contributed by atoms with E-state index in [0.717, 1.165) is 22.6 Å². The quantitative estimate of drug-likeness (QED) is 0.583. The zero-order valence-electron chi connectivity index (χ0n) is 10.9. The first-order valence-corrected chi connectivity index (χ1v) is 7.31. The molecule has 19 heavy (non-hydrogen) atoms. The van der Waals surface area contributed by atoms with Gasteiger partial charge < -0.3 is 10.2 Å². The van der Waals surface area contributed by atoms with Gasteiger partial charge in [-0.1, -0.05) is 0 Å². The lowest BCUT2D eigenvalue weighted by atomic mass is 10.1. The molecule has 6 nitrogen and oxygen atoms in total. The summed E-state index contributed by atoms with van der Waals surface area (Å²) in [7, 11) is 2.15. The number of anilines is 2. The summed E-state index contributed by atoms with van der Waals surface area (Å²) < 4.78 is 0. The molecule has 2 aromatic heterocycles. The van der Waals surface area contributed by atoms with Gasteiger partial charge in [0.15, 0.2) is 0 Å². The fourth-order valence-electron chi connectivity index (χ4n) is 2.51. The molecule has 4 N–H and O–H groups in total. The maximum absolute atomic E-state index is 5.43. The van der Waals surface area contributed by atoms with Gasteiger partial charge in [-0.3, -0.25) is 5.43 Å². The van der Waals surface area contributed by atoms with Gasteiger partial charge in [0.1, 0.15) is 10.6 Å². The van der Waals surface area contributed by atoms with E-state index >= 15 is 0 Å². The zero-order chi connectivity index (χ0) is 13.2. The molecule has 0 bridgehead atoms. The first kappa shape index (κ1) is 12.6. The lowest BCUT2D eigenvalue weighted by Crippen LogP contribution is -2.40. The normalized spacial score (nSPS) is 20.6. The third kappa shape index (κ3) is 2.63. The summed E-state index contributed by atoms with van der Waals surface area (Å²) in [5.41, 5.74) is 2.53. The lowest BCUT2D eigenvalue weighted by Gasteiger charge is -2.30. The second-order valence-electron chi connectivity index (χ2n) is 4.93. The van der Waals surface area contributed by atoms with Gasteiger partial charge in [0, 0.05) is 12.6 Å². The van der Waals surface area contributed by atoms with Crippen molar-refractivity contribution < 1.29 is 0 Å². The van der Waals surface area contributed by atoms with E-state index in [2.05, 4.69) is 38.7 Å².